The van der Waals surface area contributed by atoms with Crippen LogP contribution in [0.4, 0.5) is 0 Å². The highest BCUT2D eigenvalue weighted by Crippen LogP contribution is 2.09. The Balaban J connectivity index is 2.34. The highest BCUT2D eigenvalue weighted by atomic mass is 16.5. The average molecular weight is 264 g/mol. The molecule has 1 aromatic rings. The monoisotopic (exact) mass is 264 g/mol. The lowest BCUT2D eigenvalue weighted by atomic mass is 10.1. The van der Waals surface area contributed by atoms with Gasteiger partial charge in [-0.05, 0) is 25.0 Å². The number of nitrogens with one attached hydrogen (secondary N) is 2. The van der Waals surface area contributed by atoms with Crippen LogP contribution in [0.15, 0.2) is 24.3 Å². The highest BCUT2D eigenvalue weighted by Gasteiger charge is 2.02. The summed E-state index contributed by atoms with van der Waals surface area (Å²) in [6.07, 6.45) is 0.515. The minimum atomic E-state index is 0.0950. The van der Waals surface area contributed by atoms with Crippen LogP contribution in [0.25, 0.3) is 0 Å². The Morgan fingerprint density at radius 2 is 1.95 bits per heavy atom. The van der Waals surface area contributed by atoms with Gasteiger partial charge in [0.2, 0.25) is 5.91 Å². The summed E-state index contributed by atoms with van der Waals surface area (Å²) in [5, 5.41) is 6.08. The number of benzene rings is 1. The molecule has 4 heteroatoms. The van der Waals surface area contributed by atoms with Gasteiger partial charge in [-0.25, -0.2) is 0 Å². The molecule has 19 heavy (non-hydrogen) atoms. The molecule has 2 N–H and O–H groups in total. The van der Waals surface area contributed by atoms with Gasteiger partial charge in [0.05, 0.1) is 6.61 Å². The van der Waals surface area contributed by atoms with Gasteiger partial charge in [0.25, 0.3) is 0 Å². The molecule has 0 radical (unpaired) electrons. The van der Waals surface area contributed by atoms with E-state index in [1.54, 1.807) is 0 Å². The number of carbonyl (C=O) groups excluding carboxylic acids is 1. The van der Waals surface area contributed by atoms with Gasteiger partial charge in [-0.15, -0.1) is 0 Å². The van der Waals surface area contributed by atoms with Crippen molar-refractivity contribution in [3.63, 3.8) is 0 Å². The predicted molar refractivity (Wildman–Crippen MR) is 76.8 cm³/mol. The van der Waals surface area contributed by atoms with Crippen LogP contribution in [-0.4, -0.2) is 25.6 Å². The fourth-order valence-electron chi connectivity index (χ4n) is 1.79. The second-order valence-corrected chi connectivity index (χ2v) is 4.29. The molecule has 0 fully saturated rings. The lowest BCUT2D eigenvalue weighted by Crippen LogP contribution is -2.27. The third-order valence-electron chi connectivity index (χ3n) is 2.80. The maximum Gasteiger partial charge on any atom is 0.221 e. The number of carbonyl (C=O) groups is 1. The van der Waals surface area contributed by atoms with Gasteiger partial charge in [0.1, 0.15) is 0 Å². The van der Waals surface area contributed by atoms with E-state index in [9.17, 15) is 4.79 Å². The summed E-state index contributed by atoms with van der Waals surface area (Å²) in [5.74, 6) is 0.0950. The first-order valence-electron chi connectivity index (χ1n) is 6.89. The van der Waals surface area contributed by atoms with Crippen molar-refractivity contribution in [1.29, 1.82) is 0 Å². The number of hydrogen-bond acceptors (Lipinski definition) is 3. The van der Waals surface area contributed by atoms with Crippen LogP contribution in [0.5, 0.6) is 0 Å². The lowest BCUT2D eigenvalue weighted by molar-refractivity contribution is -0.120. The molecule has 0 heterocycles. The molecule has 1 aromatic carbocycles. The second-order valence-electron chi connectivity index (χ2n) is 4.29. The van der Waals surface area contributed by atoms with Gasteiger partial charge in [-0.3, -0.25) is 4.79 Å². The average Bonchev–Trinajstić information content (AvgIpc) is 2.42. The smallest absolute Gasteiger partial charge is 0.221 e. The van der Waals surface area contributed by atoms with E-state index in [0.29, 0.717) is 26.1 Å². The molecule has 1 rings (SSSR count). The Kier molecular flexibility index (Phi) is 7.86. The zero-order valence-corrected chi connectivity index (χ0v) is 11.9. The first-order chi connectivity index (χ1) is 9.27. The standard InChI is InChI=1S/C15H24N2O2/c1-3-17-15(18)9-10-16-11-13-7-5-6-8-14(13)12-19-4-2/h5-8,16H,3-4,9-12H2,1-2H3,(H,17,18). The zero-order chi connectivity index (χ0) is 13.9. The van der Waals surface area contributed by atoms with Crippen molar-refractivity contribution >= 4 is 5.91 Å². The molecular weight excluding hydrogens is 240 g/mol. The molecule has 0 atom stereocenters. The molecule has 0 aliphatic rings. The van der Waals surface area contributed by atoms with E-state index in [2.05, 4.69) is 22.8 Å². The first kappa shape index (κ1) is 15.7. The largest absolute Gasteiger partial charge is 0.377 e. The van der Waals surface area contributed by atoms with Crippen LogP contribution in [-0.2, 0) is 22.7 Å². The number of ether oxygens (including phenoxy) is 1. The summed E-state index contributed by atoms with van der Waals surface area (Å²) in [4.78, 5) is 11.3. The Morgan fingerprint density at radius 3 is 2.63 bits per heavy atom. The molecular formula is C15H24N2O2. The minimum Gasteiger partial charge on any atom is -0.377 e. The number of amides is 1. The van der Waals surface area contributed by atoms with Gasteiger partial charge >= 0.3 is 0 Å². The highest BCUT2D eigenvalue weighted by molar-refractivity contribution is 5.75. The normalized spacial score (nSPS) is 10.4. The third kappa shape index (κ3) is 6.36. The van der Waals surface area contributed by atoms with Crippen LogP contribution in [0, 0.1) is 0 Å². The summed E-state index contributed by atoms with van der Waals surface area (Å²) in [6.45, 7) is 7.43. The van der Waals surface area contributed by atoms with Crippen molar-refractivity contribution < 1.29 is 9.53 Å². The van der Waals surface area contributed by atoms with Crippen molar-refractivity contribution in [2.24, 2.45) is 0 Å². The van der Waals surface area contributed by atoms with Gasteiger partial charge in [-0.1, -0.05) is 24.3 Å². The molecule has 0 aliphatic heterocycles. The van der Waals surface area contributed by atoms with Crippen LogP contribution in [0.3, 0.4) is 0 Å². The molecule has 1 amide bonds. The quantitative estimate of drug-likeness (QED) is 0.669. The summed E-state index contributed by atoms with van der Waals surface area (Å²) >= 11 is 0. The molecule has 0 bridgehead atoms. The first-order valence-corrected chi connectivity index (χ1v) is 6.89. The van der Waals surface area contributed by atoms with Crippen molar-refractivity contribution in [2.45, 2.75) is 33.4 Å². The van der Waals surface area contributed by atoms with Gasteiger partial charge in [-0.2, -0.15) is 0 Å². The predicted octanol–water partition coefficient (Wildman–Crippen LogP) is 1.84. The summed E-state index contributed by atoms with van der Waals surface area (Å²) in [5.41, 5.74) is 2.43. The van der Waals surface area contributed by atoms with Crippen LogP contribution in [0.1, 0.15) is 31.4 Å². The fraction of sp³-hybridized carbons (Fsp3) is 0.533. The summed E-state index contributed by atoms with van der Waals surface area (Å²) < 4.78 is 5.44. The van der Waals surface area contributed by atoms with Gasteiger partial charge in [0, 0.05) is 32.7 Å². The fourth-order valence-corrected chi connectivity index (χ4v) is 1.79. The van der Waals surface area contributed by atoms with Crippen molar-refractivity contribution in [3.05, 3.63) is 35.4 Å². The topological polar surface area (TPSA) is 50.4 Å². The Bertz CT molecular complexity index is 380. The molecule has 0 spiro atoms. The van der Waals surface area contributed by atoms with Crippen LogP contribution >= 0.6 is 0 Å². The van der Waals surface area contributed by atoms with E-state index < -0.39 is 0 Å². The second kappa shape index (κ2) is 9.53. The Labute approximate surface area is 115 Å². The molecule has 0 aromatic heterocycles. The molecule has 4 nitrogen and oxygen atoms in total. The number of hydrogen-bond donors (Lipinski definition) is 2. The maximum absolute atomic E-state index is 11.3. The van der Waals surface area contributed by atoms with E-state index >= 15 is 0 Å². The molecule has 0 saturated carbocycles. The summed E-state index contributed by atoms with van der Waals surface area (Å²) in [7, 11) is 0. The molecule has 106 valence electrons. The molecule has 0 aliphatic carbocycles. The van der Waals surface area contributed by atoms with Crippen LogP contribution in [0.2, 0.25) is 0 Å². The van der Waals surface area contributed by atoms with Crippen molar-refractivity contribution in [3.8, 4) is 0 Å². The van der Waals surface area contributed by atoms with Crippen molar-refractivity contribution in [1.82, 2.24) is 10.6 Å². The van der Waals surface area contributed by atoms with E-state index in [0.717, 1.165) is 13.2 Å². The van der Waals surface area contributed by atoms with Crippen LogP contribution < -0.4 is 10.6 Å². The van der Waals surface area contributed by atoms with E-state index in [1.165, 1.54) is 11.1 Å². The Hall–Kier alpha value is -1.39. The minimum absolute atomic E-state index is 0.0950. The SMILES string of the molecule is CCNC(=O)CCNCc1ccccc1COCC. The lowest BCUT2D eigenvalue weighted by Gasteiger charge is -2.10. The number of rotatable bonds is 9. The molecule has 0 saturated heterocycles. The van der Waals surface area contributed by atoms with E-state index in [1.807, 2.05) is 26.0 Å². The zero-order valence-electron chi connectivity index (χ0n) is 11.9. The Morgan fingerprint density at radius 1 is 1.21 bits per heavy atom. The molecule has 0 unspecified atom stereocenters. The van der Waals surface area contributed by atoms with Gasteiger partial charge in [0.15, 0.2) is 0 Å². The summed E-state index contributed by atoms with van der Waals surface area (Å²) in [6, 6.07) is 8.22. The van der Waals surface area contributed by atoms with E-state index in [-0.39, 0.29) is 5.91 Å². The van der Waals surface area contributed by atoms with E-state index in [4.69, 9.17) is 4.74 Å². The van der Waals surface area contributed by atoms with Gasteiger partial charge < -0.3 is 15.4 Å². The van der Waals surface area contributed by atoms with Crippen molar-refractivity contribution in [2.75, 3.05) is 19.7 Å². The third-order valence-corrected chi connectivity index (χ3v) is 2.80. The maximum atomic E-state index is 11.3.